The highest BCUT2D eigenvalue weighted by Gasteiger charge is 2.25. The second-order valence-corrected chi connectivity index (χ2v) is 3.86. The third kappa shape index (κ3) is 2.17. The van der Waals surface area contributed by atoms with Crippen LogP contribution >= 0.6 is 0 Å². The number of aliphatic hydroxyl groups excluding tert-OH is 1. The van der Waals surface area contributed by atoms with E-state index in [0.29, 0.717) is 12.1 Å². The van der Waals surface area contributed by atoms with Crippen LogP contribution in [0, 0.1) is 0 Å². The maximum absolute atomic E-state index is 9.35. The minimum absolute atomic E-state index is 0.0556. The third-order valence-electron chi connectivity index (χ3n) is 2.56. The van der Waals surface area contributed by atoms with E-state index in [-0.39, 0.29) is 6.10 Å². The van der Waals surface area contributed by atoms with Crippen LogP contribution in [-0.2, 0) is 0 Å². The molecule has 1 aliphatic rings. The average Bonchev–Trinajstić information content (AvgIpc) is 1.85. The lowest BCUT2D eigenvalue weighted by Crippen LogP contribution is -2.46. The summed E-state index contributed by atoms with van der Waals surface area (Å²) < 4.78 is 0. The number of rotatable bonds is 1. The van der Waals surface area contributed by atoms with Crippen LogP contribution < -0.4 is 0 Å². The molecule has 0 bridgehead atoms. The molecular formula is C9H19NO. The Bertz CT molecular complexity index is 125. The van der Waals surface area contributed by atoms with Gasteiger partial charge in [0.2, 0.25) is 0 Å². The van der Waals surface area contributed by atoms with Crippen molar-refractivity contribution in [2.45, 2.75) is 51.8 Å². The Hall–Kier alpha value is -0.0800. The highest BCUT2D eigenvalue weighted by Crippen LogP contribution is 2.18. The molecule has 1 saturated heterocycles. The summed E-state index contributed by atoms with van der Waals surface area (Å²) in [4.78, 5) is 2.45. The van der Waals surface area contributed by atoms with Crippen molar-refractivity contribution in [3.05, 3.63) is 0 Å². The molecule has 0 radical (unpaired) electrons. The van der Waals surface area contributed by atoms with E-state index in [1.807, 2.05) is 0 Å². The van der Waals surface area contributed by atoms with E-state index in [1.54, 1.807) is 0 Å². The predicted molar refractivity (Wildman–Crippen MR) is 46.5 cm³/mol. The van der Waals surface area contributed by atoms with Gasteiger partial charge in [0.05, 0.1) is 6.10 Å². The van der Waals surface area contributed by atoms with Crippen LogP contribution in [0.25, 0.3) is 0 Å². The Kier molecular flexibility index (Phi) is 2.90. The molecule has 0 unspecified atom stereocenters. The zero-order valence-electron chi connectivity index (χ0n) is 7.75. The molecule has 0 aromatic carbocycles. The molecule has 1 heterocycles. The fourth-order valence-corrected chi connectivity index (χ4v) is 1.93. The Morgan fingerprint density at radius 2 is 2.09 bits per heavy atom. The smallest absolute Gasteiger partial charge is 0.0567 e. The fourth-order valence-electron chi connectivity index (χ4n) is 1.93. The van der Waals surface area contributed by atoms with Crippen LogP contribution in [0.1, 0.15) is 33.6 Å². The van der Waals surface area contributed by atoms with Gasteiger partial charge in [-0.15, -0.1) is 0 Å². The van der Waals surface area contributed by atoms with E-state index in [1.165, 1.54) is 0 Å². The molecule has 2 atom stereocenters. The van der Waals surface area contributed by atoms with Gasteiger partial charge in [-0.3, -0.25) is 4.90 Å². The fraction of sp³-hybridized carbons (Fsp3) is 1.00. The van der Waals surface area contributed by atoms with Crippen molar-refractivity contribution in [3.63, 3.8) is 0 Å². The second kappa shape index (κ2) is 3.55. The number of piperidine rings is 1. The van der Waals surface area contributed by atoms with Crippen LogP contribution in [-0.4, -0.2) is 34.7 Å². The van der Waals surface area contributed by atoms with E-state index >= 15 is 0 Å². The second-order valence-electron chi connectivity index (χ2n) is 3.86. The summed E-state index contributed by atoms with van der Waals surface area (Å²) >= 11 is 0. The lowest BCUT2D eigenvalue weighted by Gasteiger charge is -2.38. The number of aliphatic hydroxyl groups is 1. The summed E-state index contributed by atoms with van der Waals surface area (Å²) in [5.41, 5.74) is 0. The maximum atomic E-state index is 9.35. The van der Waals surface area contributed by atoms with Crippen molar-refractivity contribution in [1.29, 1.82) is 0 Å². The van der Waals surface area contributed by atoms with Crippen molar-refractivity contribution in [2.75, 3.05) is 6.54 Å². The molecule has 2 nitrogen and oxygen atoms in total. The molecule has 66 valence electrons. The van der Waals surface area contributed by atoms with Gasteiger partial charge in [-0.25, -0.2) is 0 Å². The van der Waals surface area contributed by atoms with Gasteiger partial charge in [-0.05, 0) is 33.6 Å². The average molecular weight is 157 g/mol. The summed E-state index contributed by atoms with van der Waals surface area (Å²) in [5.74, 6) is 0. The molecule has 1 aliphatic heterocycles. The van der Waals surface area contributed by atoms with Crippen LogP contribution in [0.2, 0.25) is 0 Å². The van der Waals surface area contributed by atoms with Crippen molar-refractivity contribution >= 4 is 0 Å². The molecule has 1 N–H and O–H groups in total. The van der Waals surface area contributed by atoms with Gasteiger partial charge in [0.25, 0.3) is 0 Å². The predicted octanol–water partition coefficient (Wildman–Crippen LogP) is 1.24. The highest BCUT2D eigenvalue weighted by molar-refractivity contribution is 4.80. The zero-order chi connectivity index (χ0) is 8.43. The summed E-state index contributed by atoms with van der Waals surface area (Å²) in [7, 11) is 0. The van der Waals surface area contributed by atoms with Crippen LogP contribution in [0.4, 0.5) is 0 Å². The highest BCUT2D eigenvalue weighted by atomic mass is 16.3. The number of nitrogens with zero attached hydrogens (tertiary/aromatic N) is 1. The zero-order valence-corrected chi connectivity index (χ0v) is 7.75. The topological polar surface area (TPSA) is 23.5 Å². The minimum Gasteiger partial charge on any atom is -0.393 e. The van der Waals surface area contributed by atoms with Gasteiger partial charge < -0.3 is 5.11 Å². The molecule has 0 spiro atoms. The summed E-state index contributed by atoms with van der Waals surface area (Å²) in [6.07, 6.45) is 1.83. The number of hydrogen-bond acceptors (Lipinski definition) is 2. The first-order valence-corrected chi connectivity index (χ1v) is 4.55. The quantitative estimate of drug-likeness (QED) is 0.619. The first-order chi connectivity index (χ1) is 5.11. The van der Waals surface area contributed by atoms with Crippen molar-refractivity contribution in [3.8, 4) is 0 Å². The number of hydrogen-bond donors (Lipinski definition) is 1. The van der Waals surface area contributed by atoms with Gasteiger partial charge >= 0.3 is 0 Å². The molecule has 0 saturated carbocycles. The third-order valence-corrected chi connectivity index (χ3v) is 2.56. The van der Waals surface area contributed by atoms with Crippen LogP contribution in [0.3, 0.4) is 0 Å². The SMILES string of the molecule is CC(C)N1CC[C@H](O)C[C@H]1C. The standard InChI is InChI=1S/C9H19NO/c1-7(2)10-5-4-9(11)6-8(10)3/h7-9,11H,4-6H2,1-3H3/t8-,9+/m1/s1. The van der Waals surface area contributed by atoms with Crippen LogP contribution in [0.5, 0.6) is 0 Å². The molecule has 0 aromatic rings. The Labute approximate surface area is 69.2 Å². The molecule has 1 rings (SSSR count). The minimum atomic E-state index is -0.0556. The van der Waals surface area contributed by atoms with Crippen molar-refractivity contribution < 1.29 is 5.11 Å². The van der Waals surface area contributed by atoms with Crippen molar-refractivity contribution in [2.24, 2.45) is 0 Å². The van der Waals surface area contributed by atoms with Gasteiger partial charge in [-0.2, -0.15) is 0 Å². The van der Waals surface area contributed by atoms with Gasteiger partial charge in [0.15, 0.2) is 0 Å². The molecule has 1 fully saturated rings. The van der Waals surface area contributed by atoms with Crippen LogP contribution in [0.15, 0.2) is 0 Å². The first-order valence-electron chi connectivity index (χ1n) is 4.55. The van der Waals surface area contributed by atoms with E-state index < -0.39 is 0 Å². The Morgan fingerprint density at radius 3 is 2.55 bits per heavy atom. The molecule has 0 aromatic heterocycles. The van der Waals surface area contributed by atoms with Crippen molar-refractivity contribution in [1.82, 2.24) is 4.90 Å². The molecule has 2 heteroatoms. The molecular weight excluding hydrogens is 138 g/mol. The lowest BCUT2D eigenvalue weighted by molar-refractivity contribution is 0.0323. The number of likely N-dealkylation sites (tertiary alicyclic amines) is 1. The van der Waals surface area contributed by atoms with Gasteiger partial charge in [0, 0.05) is 18.6 Å². The molecule has 0 amide bonds. The largest absolute Gasteiger partial charge is 0.393 e. The summed E-state index contributed by atoms with van der Waals surface area (Å²) in [6.45, 7) is 7.69. The van der Waals surface area contributed by atoms with E-state index in [9.17, 15) is 5.11 Å². The molecule has 0 aliphatic carbocycles. The Morgan fingerprint density at radius 1 is 1.45 bits per heavy atom. The lowest BCUT2D eigenvalue weighted by atomic mass is 9.99. The molecule has 11 heavy (non-hydrogen) atoms. The monoisotopic (exact) mass is 157 g/mol. The summed E-state index contributed by atoms with van der Waals surface area (Å²) in [5, 5.41) is 9.35. The normalized spacial score (nSPS) is 34.6. The summed E-state index contributed by atoms with van der Waals surface area (Å²) in [6, 6.07) is 1.18. The van der Waals surface area contributed by atoms with E-state index in [2.05, 4.69) is 25.7 Å². The Balaban J connectivity index is 2.44. The van der Waals surface area contributed by atoms with Gasteiger partial charge in [-0.1, -0.05) is 0 Å². The maximum Gasteiger partial charge on any atom is 0.0567 e. The van der Waals surface area contributed by atoms with Gasteiger partial charge in [0.1, 0.15) is 0 Å². The van der Waals surface area contributed by atoms with E-state index in [4.69, 9.17) is 0 Å². The first kappa shape index (κ1) is 9.01. The van der Waals surface area contributed by atoms with E-state index in [0.717, 1.165) is 19.4 Å².